The lowest BCUT2D eigenvalue weighted by atomic mass is 10.2. The molecule has 0 bridgehead atoms. The molecule has 0 aliphatic carbocycles. The molecule has 2 atom stereocenters. The number of hydrogen-bond acceptors (Lipinski definition) is 6. The van der Waals surface area contributed by atoms with Gasteiger partial charge >= 0.3 is 6.01 Å². The van der Waals surface area contributed by atoms with Crippen LogP contribution in [0.1, 0.15) is 26.5 Å². The molecule has 1 aromatic heterocycles. The zero-order chi connectivity index (χ0) is 14.5. The lowest BCUT2D eigenvalue weighted by Gasteiger charge is -2.28. The first kappa shape index (κ1) is 15.0. The molecule has 2 rings (SSSR count). The Morgan fingerprint density at radius 3 is 2.90 bits per heavy atom. The minimum Gasteiger partial charge on any atom is -0.475 e. The third-order valence-electron chi connectivity index (χ3n) is 2.79. The molecule has 20 heavy (non-hydrogen) atoms. The van der Waals surface area contributed by atoms with Crippen LogP contribution < -0.4 is 14.8 Å². The Balaban J connectivity index is 1.93. The van der Waals surface area contributed by atoms with E-state index in [1.807, 2.05) is 27.7 Å². The smallest absolute Gasteiger partial charge is 0.320 e. The van der Waals surface area contributed by atoms with Gasteiger partial charge in [0.05, 0.1) is 12.2 Å². The fourth-order valence-electron chi connectivity index (χ4n) is 2.02. The van der Waals surface area contributed by atoms with Gasteiger partial charge in [-0.05, 0) is 27.7 Å². The van der Waals surface area contributed by atoms with E-state index in [9.17, 15) is 0 Å². The summed E-state index contributed by atoms with van der Waals surface area (Å²) in [6.07, 6.45) is 0.303. The Morgan fingerprint density at radius 1 is 1.40 bits per heavy atom. The molecule has 0 radical (unpaired) electrons. The van der Waals surface area contributed by atoms with Crippen LogP contribution in [-0.2, 0) is 4.74 Å². The molecular weight excluding hydrogens is 258 g/mol. The number of hydrogen-bond donors (Lipinski definition) is 1. The monoisotopic (exact) mass is 281 g/mol. The topological polar surface area (TPSA) is 65.5 Å². The largest absolute Gasteiger partial charge is 0.475 e. The van der Waals surface area contributed by atoms with Gasteiger partial charge in [0, 0.05) is 24.8 Å². The summed E-state index contributed by atoms with van der Waals surface area (Å²) in [5.74, 6) is 0.540. The van der Waals surface area contributed by atoms with E-state index in [4.69, 9.17) is 14.2 Å². The molecule has 1 aliphatic rings. The van der Waals surface area contributed by atoms with Gasteiger partial charge in [0.2, 0.25) is 5.88 Å². The Labute approximate surface area is 119 Å². The molecule has 1 saturated heterocycles. The number of morpholine rings is 1. The highest BCUT2D eigenvalue weighted by molar-refractivity contribution is 5.17. The van der Waals surface area contributed by atoms with E-state index >= 15 is 0 Å². The highest BCUT2D eigenvalue weighted by Gasteiger charge is 2.19. The molecule has 6 heteroatoms. The van der Waals surface area contributed by atoms with Crippen LogP contribution in [0, 0.1) is 6.92 Å². The van der Waals surface area contributed by atoms with Gasteiger partial charge in [0.1, 0.15) is 12.7 Å². The average Bonchev–Trinajstić information content (AvgIpc) is 2.35. The predicted octanol–water partition coefficient (Wildman–Crippen LogP) is 1.33. The first-order valence-corrected chi connectivity index (χ1v) is 7.04. The molecule has 1 aliphatic heterocycles. The van der Waals surface area contributed by atoms with Crippen LogP contribution in [0.2, 0.25) is 0 Å². The number of aromatic nitrogens is 2. The van der Waals surface area contributed by atoms with Crippen LogP contribution in [0.5, 0.6) is 11.9 Å². The third kappa shape index (κ3) is 4.61. The van der Waals surface area contributed by atoms with Gasteiger partial charge in [-0.1, -0.05) is 0 Å². The van der Waals surface area contributed by atoms with Crippen molar-refractivity contribution in [3.05, 3.63) is 11.8 Å². The molecule has 0 saturated carbocycles. The summed E-state index contributed by atoms with van der Waals surface area (Å²) in [7, 11) is 0. The van der Waals surface area contributed by atoms with Crippen LogP contribution in [0.15, 0.2) is 6.07 Å². The summed E-state index contributed by atoms with van der Waals surface area (Å²) in [6.45, 7) is 9.94. The quantitative estimate of drug-likeness (QED) is 0.878. The molecular formula is C14H23N3O3. The minimum absolute atomic E-state index is 0.0253. The molecule has 6 nitrogen and oxygen atoms in total. The lowest BCUT2D eigenvalue weighted by molar-refractivity contribution is -0.0484. The second-order valence-electron chi connectivity index (χ2n) is 5.33. The molecule has 0 amide bonds. The first-order chi connectivity index (χ1) is 9.52. The Morgan fingerprint density at radius 2 is 2.20 bits per heavy atom. The summed E-state index contributed by atoms with van der Waals surface area (Å²) in [4.78, 5) is 8.50. The molecule has 0 aromatic carbocycles. The van der Waals surface area contributed by atoms with E-state index in [1.165, 1.54) is 0 Å². The van der Waals surface area contributed by atoms with Crippen LogP contribution in [0.3, 0.4) is 0 Å². The zero-order valence-electron chi connectivity index (χ0n) is 12.5. The van der Waals surface area contributed by atoms with Crippen molar-refractivity contribution in [2.24, 2.45) is 0 Å². The SMILES string of the molecule is Cc1cc(OC(C)C)nc(OCC2CNCC(C)O2)n1. The van der Waals surface area contributed by atoms with Crippen molar-refractivity contribution in [1.29, 1.82) is 0 Å². The number of nitrogens with one attached hydrogen (secondary N) is 1. The molecule has 1 aromatic rings. The summed E-state index contributed by atoms with van der Waals surface area (Å²) in [5, 5.41) is 3.30. The van der Waals surface area contributed by atoms with E-state index in [0.717, 1.165) is 18.8 Å². The van der Waals surface area contributed by atoms with E-state index in [2.05, 4.69) is 15.3 Å². The lowest BCUT2D eigenvalue weighted by Crippen LogP contribution is -2.45. The first-order valence-electron chi connectivity index (χ1n) is 7.04. The fraction of sp³-hybridized carbons (Fsp3) is 0.714. The second kappa shape index (κ2) is 6.85. The van der Waals surface area contributed by atoms with Gasteiger partial charge in [-0.3, -0.25) is 0 Å². The van der Waals surface area contributed by atoms with Crippen molar-refractivity contribution in [2.75, 3.05) is 19.7 Å². The van der Waals surface area contributed by atoms with Crippen molar-refractivity contribution < 1.29 is 14.2 Å². The normalized spacial score (nSPS) is 22.9. The maximum absolute atomic E-state index is 5.76. The fourth-order valence-corrected chi connectivity index (χ4v) is 2.02. The van der Waals surface area contributed by atoms with Crippen molar-refractivity contribution in [3.63, 3.8) is 0 Å². The average molecular weight is 281 g/mol. The molecule has 112 valence electrons. The summed E-state index contributed by atoms with van der Waals surface area (Å²) < 4.78 is 17.0. The Kier molecular flexibility index (Phi) is 5.14. The van der Waals surface area contributed by atoms with Crippen molar-refractivity contribution >= 4 is 0 Å². The highest BCUT2D eigenvalue weighted by atomic mass is 16.6. The van der Waals surface area contributed by atoms with Crippen LogP contribution >= 0.6 is 0 Å². The van der Waals surface area contributed by atoms with Gasteiger partial charge in [-0.2, -0.15) is 4.98 Å². The molecule has 1 N–H and O–H groups in total. The summed E-state index contributed by atoms with van der Waals surface area (Å²) in [6, 6.07) is 2.13. The molecule has 2 heterocycles. The van der Waals surface area contributed by atoms with Gasteiger partial charge in [0.25, 0.3) is 0 Å². The standard InChI is InChI=1S/C14H23N3O3/c1-9(2)19-13-5-10(3)16-14(17-13)18-8-12-7-15-6-11(4)20-12/h5,9,11-12,15H,6-8H2,1-4H3. The van der Waals surface area contributed by atoms with Gasteiger partial charge in [-0.25, -0.2) is 4.98 Å². The van der Waals surface area contributed by atoms with Gasteiger partial charge < -0.3 is 19.5 Å². The van der Waals surface area contributed by atoms with Crippen molar-refractivity contribution in [2.45, 2.75) is 46.0 Å². The molecule has 1 fully saturated rings. The zero-order valence-corrected chi connectivity index (χ0v) is 12.5. The molecule has 0 spiro atoms. The van der Waals surface area contributed by atoms with Crippen LogP contribution in [-0.4, -0.2) is 48.0 Å². The number of nitrogens with zero attached hydrogens (tertiary/aromatic N) is 2. The maximum Gasteiger partial charge on any atom is 0.320 e. The summed E-state index contributed by atoms with van der Waals surface area (Å²) in [5.41, 5.74) is 0.821. The van der Waals surface area contributed by atoms with Crippen LogP contribution in [0.4, 0.5) is 0 Å². The number of ether oxygens (including phenoxy) is 3. The maximum atomic E-state index is 5.76. The Hall–Kier alpha value is -1.40. The van der Waals surface area contributed by atoms with E-state index in [-0.39, 0.29) is 18.3 Å². The van der Waals surface area contributed by atoms with Crippen molar-refractivity contribution in [1.82, 2.24) is 15.3 Å². The summed E-state index contributed by atoms with van der Waals surface area (Å²) >= 11 is 0. The van der Waals surface area contributed by atoms with E-state index < -0.39 is 0 Å². The third-order valence-corrected chi connectivity index (χ3v) is 2.79. The van der Waals surface area contributed by atoms with Crippen LogP contribution in [0.25, 0.3) is 0 Å². The minimum atomic E-state index is 0.0253. The van der Waals surface area contributed by atoms with Gasteiger partial charge in [-0.15, -0.1) is 0 Å². The molecule has 2 unspecified atom stereocenters. The van der Waals surface area contributed by atoms with Gasteiger partial charge in [0.15, 0.2) is 0 Å². The highest BCUT2D eigenvalue weighted by Crippen LogP contribution is 2.15. The predicted molar refractivity (Wildman–Crippen MR) is 75.2 cm³/mol. The Bertz CT molecular complexity index is 440. The number of rotatable bonds is 5. The number of aryl methyl sites for hydroxylation is 1. The second-order valence-corrected chi connectivity index (χ2v) is 5.33. The van der Waals surface area contributed by atoms with E-state index in [1.54, 1.807) is 6.07 Å². The van der Waals surface area contributed by atoms with Crippen molar-refractivity contribution in [3.8, 4) is 11.9 Å². The van der Waals surface area contributed by atoms with E-state index in [0.29, 0.717) is 18.5 Å².